The third-order valence-corrected chi connectivity index (χ3v) is 6.96. The number of pyridine rings is 1. The lowest BCUT2D eigenvalue weighted by molar-refractivity contribution is 1.28. The van der Waals surface area contributed by atoms with Gasteiger partial charge in [0.15, 0.2) is 0 Å². The number of aliphatic imine (C=N–C) groups is 1. The van der Waals surface area contributed by atoms with E-state index in [-0.39, 0.29) is 0 Å². The molecule has 0 bridgehead atoms. The first-order valence-electron chi connectivity index (χ1n) is 9.29. The Bertz CT molecular complexity index is 1020. The number of aromatic nitrogens is 1. The molecular formula is C25H21N2P. The van der Waals surface area contributed by atoms with Gasteiger partial charge >= 0.3 is 0 Å². The van der Waals surface area contributed by atoms with Gasteiger partial charge in [0.05, 0.1) is 17.1 Å². The minimum absolute atomic E-state index is 0.694. The Hall–Kier alpha value is -3.09. The molecule has 0 aliphatic heterocycles. The second kappa shape index (κ2) is 8.73. The van der Waals surface area contributed by atoms with E-state index >= 15 is 0 Å². The zero-order valence-electron chi connectivity index (χ0n) is 15.7. The van der Waals surface area contributed by atoms with Crippen LogP contribution in [0.2, 0.25) is 0 Å². The van der Waals surface area contributed by atoms with E-state index in [1.165, 1.54) is 15.9 Å². The SMILES string of the molecule is C/C(=N\c1ccccc1P(c1ccccc1)c1ccccc1)c1ccccn1. The third-order valence-electron chi connectivity index (χ3n) is 4.48. The van der Waals surface area contributed by atoms with Crippen LogP contribution in [0.5, 0.6) is 0 Å². The van der Waals surface area contributed by atoms with Gasteiger partial charge in [-0.25, -0.2) is 0 Å². The summed E-state index contributed by atoms with van der Waals surface area (Å²) in [5.74, 6) is 0. The van der Waals surface area contributed by atoms with E-state index < -0.39 is 7.92 Å². The molecule has 3 heteroatoms. The zero-order chi connectivity index (χ0) is 19.2. The van der Waals surface area contributed by atoms with Crippen LogP contribution in [0.15, 0.2) is 114 Å². The average Bonchev–Trinajstić information content (AvgIpc) is 2.77. The number of hydrogen-bond donors (Lipinski definition) is 0. The van der Waals surface area contributed by atoms with Gasteiger partial charge in [-0.2, -0.15) is 0 Å². The van der Waals surface area contributed by atoms with Crippen molar-refractivity contribution in [3.8, 4) is 0 Å². The van der Waals surface area contributed by atoms with Crippen molar-refractivity contribution in [2.75, 3.05) is 0 Å². The summed E-state index contributed by atoms with van der Waals surface area (Å²) in [7, 11) is -0.694. The molecule has 1 aromatic heterocycles. The van der Waals surface area contributed by atoms with Crippen LogP contribution in [-0.2, 0) is 0 Å². The Morgan fingerprint density at radius 3 is 1.86 bits per heavy atom. The summed E-state index contributed by atoms with van der Waals surface area (Å²) < 4.78 is 0. The molecular weight excluding hydrogens is 359 g/mol. The van der Waals surface area contributed by atoms with Gasteiger partial charge in [-0.15, -0.1) is 0 Å². The van der Waals surface area contributed by atoms with Crippen LogP contribution in [0.25, 0.3) is 0 Å². The van der Waals surface area contributed by atoms with Crippen molar-refractivity contribution in [2.24, 2.45) is 4.99 Å². The van der Waals surface area contributed by atoms with Gasteiger partial charge in [0.2, 0.25) is 0 Å². The molecule has 0 amide bonds. The molecule has 28 heavy (non-hydrogen) atoms. The molecule has 0 aliphatic carbocycles. The summed E-state index contributed by atoms with van der Waals surface area (Å²) in [4.78, 5) is 9.41. The lowest BCUT2D eigenvalue weighted by Gasteiger charge is -2.21. The fourth-order valence-electron chi connectivity index (χ4n) is 3.14. The molecule has 0 saturated heterocycles. The molecule has 0 saturated carbocycles. The van der Waals surface area contributed by atoms with Crippen molar-refractivity contribution in [3.05, 3.63) is 115 Å². The van der Waals surface area contributed by atoms with Gasteiger partial charge in [-0.1, -0.05) is 84.9 Å². The number of rotatable bonds is 5. The molecule has 0 atom stereocenters. The van der Waals surface area contributed by atoms with Crippen LogP contribution in [0, 0.1) is 0 Å². The molecule has 4 rings (SSSR count). The molecule has 2 nitrogen and oxygen atoms in total. The summed E-state index contributed by atoms with van der Waals surface area (Å²) >= 11 is 0. The highest BCUT2D eigenvalue weighted by Gasteiger charge is 2.19. The largest absolute Gasteiger partial charge is 0.255 e. The number of benzene rings is 3. The van der Waals surface area contributed by atoms with Crippen LogP contribution in [0.4, 0.5) is 5.69 Å². The van der Waals surface area contributed by atoms with E-state index in [0.29, 0.717) is 0 Å². The van der Waals surface area contributed by atoms with Gasteiger partial charge in [0, 0.05) is 11.5 Å². The van der Waals surface area contributed by atoms with E-state index in [1.54, 1.807) is 6.20 Å². The molecule has 0 spiro atoms. The van der Waals surface area contributed by atoms with E-state index in [0.717, 1.165) is 17.1 Å². The second-order valence-electron chi connectivity index (χ2n) is 6.41. The molecule has 3 aromatic carbocycles. The lowest BCUT2D eigenvalue weighted by Crippen LogP contribution is -2.21. The minimum Gasteiger partial charge on any atom is -0.255 e. The molecule has 0 fully saturated rings. The van der Waals surface area contributed by atoms with E-state index in [2.05, 4.69) is 89.9 Å². The van der Waals surface area contributed by atoms with Crippen LogP contribution in [0.3, 0.4) is 0 Å². The predicted octanol–water partition coefficient (Wildman–Crippen LogP) is 4.98. The Morgan fingerprint density at radius 2 is 1.25 bits per heavy atom. The fraction of sp³-hybridized carbons (Fsp3) is 0.0400. The van der Waals surface area contributed by atoms with Crippen LogP contribution < -0.4 is 15.9 Å². The smallest absolute Gasteiger partial charge is 0.0841 e. The van der Waals surface area contributed by atoms with Crippen molar-refractivity contribution in [3.63, 3.8) is 0 Å². The summed E-state index contributed by atoms with van der Waals surface area (Å²) in [6.07, 6.45) is 1.81. The highest BCUT2D eigenvalue weighted by Crippen LogP contribution is 2.36. The van der Waals surface area contributed by atoms with Crippen LogP contribution in [0.1, 0.15) is 12.6 Å². The highest BCUT2D eigenvalue weighted by atomic mass is 31.1. The second-order valence-corrected chi connectivity index (χ2v) is 8.59. The normalized spacial score (nSPS) is 11.6. The van der Waals surface area contributed by atoms with E-state index in [1.807, 2.05) is 25.1 Å². The minimum atomic E-state index is -0.694. The van der Waals surface area contributed by atoms with Gasteiger partial charge in [0.25, 0.3) is 0 Å². The Labute approximate surface area is 167 Å². The molecule has 0 aliphatic rings. The summed E-state index contributed by atoms with van der Waals surface area (Å²) in [5.41, 5.74) is 2.83. The van der Waals surface area contributed by atoms with Crippen LogP contribution in [-0.4, -0.2) is 10.7 Å². The van der Waals surface area contributed by atoms with Crippen molar-refractivity contribution in [1.29, 1.82) is 0 Å². The third kappa shape index (κ3) is 4.08. The fourth-order valence-corrected chi connectivity index (χ4v) is 5.53. The van der Waals surface area contributed by atoms with Crippen LogP contribution >= 0.6 is 7.92 Å². The molecule has 0 radical (unpaired) electrons. The average molecular weight is 380 g/mol. The van der Waals surface area contributed by atoms with Gasteiger partial charge < -0.3 is 0 Å². The first-order chi connectivity index (χ1) is 13.8. The zero-order valence-corrected chi connectivity index (χ0v) is 16.6. The topological polar surface area (TPSA) is 25.2 Å². The molecule has 0 unspecified atom stereocenters. The monoisotopic (exact) mass is 380 g/mol. The maximum absolute atomic E-state index is 4.97. The maximum Gasteiger partial charge on any atom is 0.0841 e. The van der Waals surface area contributed by atoms with Crippen molar-refractivity contribution >= 4 is 35.2 Å². The van der Waals surface area contributed by atoms with Gasteiger partial charge in [-0.3, -0.25) is 9.98 Å². The van der Waals surface area contributed by atoms with Crippen molar-refractivity contribution < 1.29 is 0 Å². The Morgan fingerprint density at radius 1 is 0.679 bits per heavy atom. The molecule has 1 heterocycles. The number of nitrogens with zero attached hydrogens (tertiary/aromatic N) is 2. The molecule has 4 aromatic rings. The molecule has 0 N–H and O–H groups in total. The molecule has 136 valence electrons. The Kier molecular flexibility index (Phi) is 5.70. The standard InChI is InChI=1S/C25H21N2P/c1-20(23-16-10-11-19-26-23)27-24-17-8-9-18-25(24)28(21-12-4-2-5-13-21)22-14-6-3-7-15-22/h2-19H,1H3/b27-20+. The maximum atomic E-state index is 4.97. The first kappa shape index (κ1) is 18.3. The highest BCUT2D eigenvalue weighted by molar-refractivity contribution is 7.80. The van der Waals surface area contributed by atoms with Crippen molar-refractivity contribution in [1.82, 2.24) is 4.98 Å². The van der Waals surface area contributed by atoms with Gasteiger partial charge in [0.1, 0.15) is 0 Å². The quantitative estimate of drug-likeness (QED) is 0.354. The number of para-hydroxylation sites is 1. The lowest BCUT2D eigenvalue weighted by atomic mass is 10.2. The number of hydrogen-bond acceptors (Lipinski definition) is 2. The van der Waals surface area contributed by atoms with E-state index in [4.69, 9.17) is 4.99 Å². The predicted molar refractivity (Wildman–Crippen MR) is 121 cm³/mol. The van der Waals surface area contributed by atoms with Crippen molar-refractivity contribution in [2.45, 2.75) is 6.92 Å². The van der Waals surface area contributed by atoms with E-state index in [9.17, 15) is 0 Å². The Balaban J connectivity index is 1.85. The van der Waals surface area contributed by atoms with Gasteiger partial charge in [-0.05, 0) is 43.7 Å². The first-order valence-corrected chi connectivity index (χ1v) is 10.6. The summed E-state index contributed by atoms with van der Waals surface area (Å²) in [6, 6.07) is 35.8. The summed E-state index contributed by atoms with van der Waals surface area (Å²) in [5, 5.41) is 3.90. The summed E-state index contributed by atoms with van der Waals surface area (Å²) in [6.45, 7) is 2.02.